The van der Waals surface area contributed by atoms with Crippen LogP contribution in [0.15, 0.2) is 77.9 Å². The van der Waals surface area contributed by atoms with Gasteiger partial charge in [-0.1, -0.05) is 60.6 Å². The van der Waals surface area contributed by atoms with Crippen LogP contribution in [0.3, 0.4) is 0 Å². The molecule has 0 saturated carbocycles. The number of rotatable bonds is 6. The van der Waals surface area contributed by atoms with Crippen LogP contribution in [0.1, 0.15) is 31.4 Å². The molecule has 0 bridgehead atoms. The minimum absolute atomic E-state index is 0.346. The first-order valence-corrected chi connectivity index (χ1v) is 9.04. The zero-order valence-electron chi connectivity index (χ0n) is 16.0. The summed E-state index contributed by atoms with van der Waals surface area (Å²) in [5.74, 6) is 2.09. The zero-order valence-corrected chi connectivity index (χ0v) is 16.0. The third kappa shape index (κ3) is 3.75. The fraction of sp³-hybridized carbons (Fsp3) is 0.250. The third-order valence-corrected chi connectivity index (χ3v) is 4.87. The highest BCUT2D eigenvalue weighted by atomic mass is 16.5. The summed E-state index contributed by atoms with van der Waals surface area (Å²) in [5.41, 5.74) is 6.45. The van der Waals surface area contributed by atoms with Crippen molar-refractivity contribution in [2.75, 3.05) is 14.2 Å². The van der Waals surface area contributed by atoms with Crippen molar-refractivity contribution >= 4 is 5.57 Å². The van der Waals surface area contributed by atoms with E-state index in [-0.39, 0.29) is 0 Å². The van der Waals surface area contributed by atoms with Crippen molar-refractivity contribution in [3.8, 4) is 11.5 Å². The van der Waals surface area contributed by atoms with E-state index in [1.807, 2.05) is 24.3 Å². The molecule has 0 amide bonds. The van der Waals surface area contributed by atoms with E-state index in [1.54, 1.807) is 14.2 Å². The standard InChI is InChI=1S/C24H26O2/c1-5-23(20-7-6-17(2)16-20)24(18-8-12-21(25-3)13-9-18)19-10-14-22(26-4)15-11-19/h6-16,20H,5H2,1-4H3. The van der Waals surface area contributed by atoms with Gasteiger partial charge in [-0.25, -0.2) is 0 Å². The lowest BCUT2D eigenvalue weighted by Gasteiger charge is -2.19. The average Bonchev–Trinajstić information content (AvgIpc) is 3.12. The van der Waals surface area contributed by atoms with Crippen molar-refractivity contribution in [2.24, 2.45) is 5.92 Å². The SMILES string of the molecule is CCC(=C(c1ccc(OC)cc1)c1ccc(OC)cc1)C1C=CC(C)=C1. The van der Waals surface area contributed by atoms with Gasteiger partial charge in [-0.15, -0.1) is 0 Å². The van der Waals surface area contributed by atoms with Crippen molar-refractivity contribution in [3.05, 3.63) is 89.0 Å². The molecular weight excluding hydrogens is 320 g/mol. The third-order valence-electron chi connectivity index (χ3n) is 4.87. The lowest BCUT2D eigenvalue weighted by molar-refractivity contribution is 0.414. The van der Waals surface area contributed by atoms with E-state index >= 15 is 0 Å². The lowest BCUT2D eigenvalue weighted by Crippen LogP contribution is -2.02. The highest BCUT2D eigenvalue weighted by Crippen LogP contribution is 2.36. The Morgan fingerprint density at radius 2 is 1.35 bits per heavy atom. The quantitative estimate of drug-likeness (QED) is 0.634. The molecule has 3 rings (SSSR count). The van der Waals surface area contributed by atoms with Crippen LogP contribution in [0.5, 0.6) is 11.5 Å². The van der Waals surface area contributed by atoms with Crippen LogP contribution in [0.2, 0.25) is 0 Å². The van der Waals surface area contributed by atoms with E-state index in [4.69, 9.17) is 9.47 Å². The fourth-order valence-electron chi connectivity index (χ4n) is 3.50. The van der Waals surface area contributed by atoms with Crippen LogP contribution < -0.4 is 9.47 Å². The summed E-state index contributed by atoms with van der Waals surface area (Å²) in [6, 6.07) is 16.7. The molecule has 2 aromatic rings. The molecule has 2 heteroatoms. The smallest absolute Gasteiger partial charge is 0.118 e. The van der Waals surface area contributed by atoms with Crippen LogP contribution >= 0.6 is 0 Å². The van der Waals surface area contributed by atoms with E-state index < -0.39 is 0 Å². The molecule has 0 spiro atoms. The van der Waals surface area contributed by atoms with Crippen LogP contribution in [0, 0.1) is 5.92 Å². The Morgan fingerprint density at radius 1 is 0.846 bits per heavy atom. The van der Waals surface area contributed by atoms with Gasteiger partial charge in [0, 0.05) is 5.92 Å². The Bertz CT molecular complexity index is 787. The van der Waals surface area contributed by atoms with Gasteiger partial charge in [0.25, 0.3) is 0 Å². The van der Waals surface area contributed by atoms with E-state index in [0.717, 1.165) is 17.9 Å². The van der Waals surface area contributed by atoms with Crippen molar-refractivity contribution in [1.82, 2.24) is 0 Å². The maximum absolute atomic E-state index is 5.33. The summed E-state index contributed by atoms with van der Waals surface area (Å²) in [4.78, 5) is 0. The molecule has 0 fully saturated rings. The molecule has 0 N–H and O–H groups in total. The van der Waals surface area contributed by atoms with E-state index in [9.17, 15) is 0 Å². The molecule has 0 heterocycles. The van der Waals surface area contributed by atoms with Gasteiger partial charge < -0.3 is 9.47 Å². The van der Waals surface area contributed by atoms with Crippen molar-refractivity contribution in [1.29, 1.82) is 0 Å². The zero-order chi connectivity index (χ0) is 18.5. The molecule has 134 valence electrons. The van der Waals surface area contributed by atoms with Crippen LogP contribution in [0.25, 0.3) is 5.57 Å². The molecule has 2 nitrogen and oxygen atoms in total. The summed E-state index contributed by atoms with van der Waals surface area (Å²) in [7, 11) is 3.40. The molecule has 0 saturated heterocycles. The molecule has 0 radical (unpaired) electrons. The summed E-state index contributed by atoms with van der Waals surface area (Å²) in [6.45, 7) is 4.39. The number of methoxy groups -OCH3 is 2. The maximum Gasteiger partial charge on any atom is 0.118 e. The number of benzene rings is 2. The molecular formula is C24H26O2. The normalized spacial score (nSPS) is 15.5. The number of allylic oxidation sites excluding steroid dienone is 5. The fourth-order valence-corrected chi connectivity index (χ4v) is 3.50. The Labute approximate surface area is 156 Å². The van der Waals surface area contributed by atoms with Gasteiger partial charge in [0.15, 0.2) is 0 Å². The summed E-state index contributed by atoms with van der Waals surface area (Å²) >= 11 is 0. The van der Waals surface area contributed by atoms with Gasteiger partial charge in [0.2, 0.25) is 0 Å². The Balaban J connectivity index is 2.16. The van der Waals surface area contributed by atoms with Crippen LogP contribution in [-0.4, -0.2) is 14.2 Å². The molecule has 1 atom stereocenters. The monoisotopic (exact) mass is 346 g/mol. The first kappa shape index (κ1) is 18.1. The number of ether oxygens (including phenoxy) is 2. The predicted octanol–water partition coefficient (Wildman–Crippen LogP) is 6.05. The van der Waals surface area contributed by atoms with Gasteiger partial charge in [0.05, 0.1) is 14.2 Å². The first-order chi connectivity index (χ1) is 12.7. The topological polar surface area (TPSA) is 18.5 Å². The highest BCUT2D eigenvalue weighted by molar-refractivity contribution is 5.83. The van der Waals surface area contributed by atoms with Gasteiger partial charge in [-0.2, -0.15) is 0 Å². The van der Waals surface area contributed by atoms with E-state index in [2.05, 4.69) is 56.3 Å². The Morgan fingerprint density at radius 3 is 1.69 bits per heavy atom. The Hall–Kier alpha value is -2.74. The van der Waals surface area contributed by atoms with Gasteiger partial charge in [-0.3, -0.25) is 0 Å². The first-order valence-electron chi connectivity index (χ1n) is 9.04. The molecule has 1 aliphatic rings. The van der Waals surface area contributed by atoms with Crippen molar-refractivity contribution in [3.63, 3.8) is 0 Å². The van der Waals surface area contributed by atoms with Crippen LogP contribution in [-0.2, 0) is 0 Å². The second kappa shape index (κ2) is 8.09. The van der Waals surface area contributed by atoms with Crippen LogP contribution in [0.4, 0.5) is 0 Å². The molecule has 0 aromatic heterocycles. The highest BCUT2D eigenvalue weighted by Gasteiger charge is 2.18. The summed E-state index contributed by atoms with van der Waals surface area (Å²) in [6.07, 6.45) is 7.83. The van der Waals surface area contributed by atoms with Gasteiger partial charge in [0.1, 0.15) is 11.5 Å². The molecule has 1 aliphatic carbocycles. The van der Waals surface area contributed by atoms with Crippen molar-refractivity contribution < 1.29 is 9.47 Å². The molecule has 1 unspecified atom stereocenters. The number of hydrogen-bond donors (Lipinski definition) is 0. The maximum atomic E-state index is 5.33. The Kier molecular flexibility index (Phi) is 5.62. The second-order valence-corrected chi connectivity index (χ2v) is 6.51. The van der Waals surface area contributed by atoms with Crippen molar-refractivity contribution in [2.45, 2.75) is 20.3 Å². The molecule has 2 aromatic carbocycles. The summed E-state index contributed by atoms with van der Waals surface area (Å²) < 4.78 is 10.7. The summed E-state index contributed by atoms with van der Waals surface area (Å²) in [5, 5.41) is 0. The van der Waals surface area contributed by atoms with E-state index in [1.165, 1.54) is 27.8 Å². The van der Waals surface area contributed by atoms with Gasteiger partial charge >= 0.3 is 0 Å². The minimum atomic E-state index is 0.346. The second-order valence-electron chi connectivity index (χ2n) is 6.51. The van der Waals surface area contributed by atoms with E-state index in [0.29, 0.717) is 5.92 Å². The number of hydrogen-bond acceptors (Lipinski definition) is 2. The molecule has 26 heavy (non-hydrogen) atoms. The average molecular weight is 346 g/mol. The molecule has 0 aliphatic heterocycles. The minimum Gasteiger partial charge on any atom is -0.497 e. The van der Waals surface area contributed by atoms with Gasteiger partial charge in [-0.05, 0) is 54.3 Å². The lowest BCUT2D eigenvalue weighted by atomic mass is 9.85. The predicted molar refractivity (Wildman–Crippen MR) is 109 cm³/mol. The largest absolute Gasteiger partial charge is 0.497 e.